The SMILES string of the molecule is CC(C)(C)OC(=O)N1CCC2(CC1)CC2C(=O)Nc1ccc(-n2cccn2)nc1.O=C(Nc1ccc(-n2cccn2)nc1)C1CC12CCNCC2. The van der Waals surface area contributed by atoms with Crippen LogP contribution in [0.2, 0.25) is 0 Å². The van der Waals surface area contributed by atoms with Gasteiger partial charge in [0.05, 0.1) is 23.8 Å². The number of aromatic nitrogens is 6. The van der Waals surface area contributed by atoms with Gasteiger partial charge in [0.1, 0.15) is 5.60 Å². The number of nitrogens with one attached hydrogen (secondary N) is 3. The molecule has 2 saturated carbocycles. The van der Waals surface area contributed by atoms with Gasteiger partial charge in [-0.05, 0) is 120 Å². The van der Waals surface area contributed by atoms with Crippen LogP contribution in [0.5, 0.6) is 0 Å². The van der Waals surface area contributed by atoms with Crippen LogP contribution >= 0.6 is 0 Å². The van der Waals surface area contributed by atoms with Crippen molar-refractivity contribution in [1.29, 1.82) is 0 Å². The van der Waals surface area contributed by atoms with E-state index < -0.39 is 5.60 Å². The van der Waals surface area contributed by atoms with Crippen molar-refractivity contribution in [2.75, 3.05) is 36.8 Å². The Morgan fingerprint density at radius 1 is 0.765 bits per heavy atom. The van der Waals surface area contributed by atoms with Crippen LogP contribution < -0.4 is 16.0 Å². The van der Waals surface area contributed by atoms with Gasteiger partial charge in [-0.1, -0.05) is 0 Å². The van der Waals surface area contributed by atoms with Gasteiger partial charge in [0, 0.05) is 49.7 Å². The molecule has 2 atom stereocenters. The number of hydrogen-bond donors (Lipinski definition) is 3. The van der Waals surface area contributed by atoms with E-state index in [1.807, 2.05) is 69.6 Å². The van der Waals surface area contributed by atoms with Gasteiger partial charge < -0.3 is 25.6 Å². The van der Waals surface area contributed by atoms with Crippen molar-refractivity contribution in [1.82, 2.24) is 39.7 Å². The van der Waals surface area contributed by atoms with Crippen LogP contribution in [0.25, 0.3) is 11.6 Å². The van der Waals surface area contributed by atoms with Crippen LogP contribution in [0.3, 0.4) is 0 Å². The molecular formula is C37H46N10O4. The van der Waals surface area contributed by atoms with Gasteiger partial charge in [-0.15, -0.1) is 0 Å². The van der Waals surface area contributed by atoms with Crippen LogP contribution in [-0.2, 0) is 14.3 Å². The minimum Gasteiger partial charge on any atom is -0.444 e. The average Bonchev–Trinajstić information content (AvgIpc) is 3.72. The summed E-state index contributed by atoms with van der Waals surface area (Å²) in [5, 5.41) is 17.6. The maximum absolute atomic E-state index is 12.7. The lowest BCUT2D eigenvalue weighted by Crippen LogP contribution is -2.42. The summed E-state index contributed by atoms with van der Waals surface area (Å²) in [6.45, 7) is 8.95. The summed E-state index contributed by atoms with van der Waals surface area (Å²) in [4.78, 5) is 47.7. The third kappa shape index (κ3) is 7.95. The summed E-state index contributed by atoms with van der Waals surface area (Å²) in [5.41, 5.74) is 1.22. The predicted molar refractivity (Wildman–Crippen MR) is 190 cm³/mol. The number of amides is 3. The summed E-state index contributed by atoms with van der Waals surface area (Å²) < 4.78 is 8.81. The second-order valence-electron chi connectivity index (χ2n) is 15.1. The zero-order valence-corrected chi connectivity index (χ0v) is 29.4. The van der Waals surface area contributed by atoms with Gasteiger partial charge in [0.25, 0.3) is 0 Å². The zero-order valence-electron chi connectivity index (χ0n) is 29.4. The van der Waals surface area contributed by atoms with Crippen LogP contribution in [0.15, 0.2) is 73.6 Å². The molecule has 4 aromatic rings. The fourth-order valence-corrected chi connectivity index (χ4v) is 7.39. The zero-order chi connectivity index (χ0) is 35.6. The number of pyridine rings is 2. The van der Waals surface area contributed by atoms with E-state index in [4.69, 9.17) is 4.74 Å². The first-order chi connectivity index (χ1) is 24.5. The molecule has 14 nitrogen and oxygen atoms in total. The number of rotatable bonds is 6. The monoisotopic (exact) mass is 694 g/mol. The molecule has 3 amide bonds. The smallest absolute Gasteiger partial charge is 0.410 e. The summed E-state index contributed by atoms with van der Waals surface area (Å²) in [5.74, 6) is 1.77. The highest BCUT2D eigenvalue weighted by Gasteiger charge is 2.59. The third-order valence-corrected chi connectivity index (χ3v) is 10.5. The van der Waals surface area contributed by atoms with Gasteiger partial charge >= 0.3 is 6.09 Å². The molecule has 0 aromatic carbocycles. The molecule has 4 aromatic heterocycles. The van der Waals surface area contributed by atoms with E-state index in [2.05, 4.69) is 36.1 Å². The molecule has 8 rings (SSSR count). The number of anilines is 2. The highest BCUT2D eigenvalue weighted by Crippen LogP contribution is 2.60. The van der Waals surface area contributed by atoms with Crippen molar-refractivity contribution in [3.8, 4) is 11.6 Å². The molecule has 4 aliphatic rings. The average molecular weight is 695 g/mol. The molecule has 14 heteroatoms. The Bertz CT molecular complexity index is 1800. The molecule has 6 heterocycles. The van der Waals surface area contributed by atoms with Crippen LogP contribution in [0.1, 0.15) is 59.3 Å². The number of hydrogen-bond acceptors (Lipinski definition) is 9. The van der Waals surface area contributed by atoms with Gasteiger partial charge in [0.2, 0.25) is 11.8 Å². The number of carbonyl (C=O) groups is 3. The summed E-state index contributed by atoms with van der Waals surface area (Å²) >= 11 is 0. The van der Waals surface area contributed by atoms with Crippen LogP contribution in [0, 0.1) is 22.7 Å². The van der Waals surface area contributed by atoms with Crippen molar-refractivity contribution in [2.45, 2.75) is 64.9 Å². The second kappa shape index (κ2) is 13.9. The van der Waals surface area contributed by atoms with Crippen molar-refractivity contribution >= 4 is 29.3 Å². The van der Waals surface area contributed by atoms with E-state index in [-0.39, 0.29) is 40.6 Å². The fraction of sp³-hybridized carbons (Fsp3) is 0.486. The Kier molecular flexibility index (Phi) is 9.36. The quantitative estimate of drug-likeness (QED) is 0.257. The number of nitrogens with zero attached hydrogens (tertiary/aromatic N) is 7. The Hall–Kier alpha value is -5.11. The first-order valence-corrected chi connectivity index (χ1v) is 17.8. The van der Waals surface area contributed by atoms with E-state index in [1.165, 1.54) is 0 Å². The van der Waals surface area contributed by atoms with Crippen molar-refractivity contribution < 1.29 is 19.1 Å². The Balaban J connectivity index is 0.000000165. The fourth-order valence-electron chi connectivity index (χ4n) is 7.39. The standard InChI is InChI=1S/C21H27N5O3.C16H19N5O/c1-20(2,3)29-19(28)25-11-7-21(8-12-25)13-16(21)18(27)24-15-5-6-17(22-14-15)26-10-4-9-23-26;22-15(13-10-16(13)4-7-17-8-5-16)20-12-2-3-14(18-11-12)21-9-1-6-19-21/h4-6,9-10,14,16H,7-8,11-13H2,1-3H3,(H,24,27);1-3,6,9,11,13,17H,4-5,7-8,10H2,(H,20,22). The molecule has 2 aliphatic carbocycles. The van der Waals surface area contributed by atoms with Crippen LogP contribution in [0.4, 0.5) is 16.2 Å². The lowest BCUT2D eigenvalue weighted by Gasteiger charge is -2.34. The molecular weight excluding hydrogens is 648 g/mol. The number of carbonyl (C=O) groups excluding carboxylic acids is 3. The Morgan fingerprint density at radius 2 is 1.25 bits per heavy atom. The summed E-state index contributed by atoms with van der Waals surface area (Å²) in [6, 6.07) is 11.1. The minimum absolute atomic E-state index is 0.00548. The molecule has 2 aliphatic heterocycles. The Labute approximate surface area is 297 Å². The number of likely N-dealkylation sites (tertiary alicyclic amines) is 1. The third-order valence-electron chi connectivity index (χ3n) is 10.5. The molecule has 51 heavy (non-hydrogen) atoms. The van der Waals surface area contributed by atoms with Crippen LogP contribution in [-0.4, -0.2) is 84.1 Å². The second-order valence-corrected chi connectivity index (χ2v) is 15.1. The number of piperidine rings is 2. The van der Waals surface area contributed by atoms with Gasteiger partial charge in [-0.25, -0.2) is 24.1 Å². The van der Waals surface area contributed by atoms with Gasteiger partial charge in [0.15, 0.2) is 11.6 Å². The normalized spacial score (nSPS) is 21.3. The molecule has 2 saturated heterocycles. The van der Waals surface area contributed by atoms with E-state index in [0.717, 1.165) is 63.1 Å². The molecule has 268 valence electrons. The first kappa shape index (κ1) is 34.3. The highest BCUT2D eigenvalue weighted by molar-refractivity contribution is 5.95. The summed E-state index contributed by atoms with van der Waals surface area (Å²) in [7, 11) is 0. The molecule has 0 bridgehead atoms. The first-order valence-electron chi connectivity index (χ1n) is 17.8. The number of ether oxygens (including phenoxy) is 1. The maximum atomic E-state index is 12.7. The predicted octanol–water partition coefficient (Wildman–Crippen LogP) is 4.84. The molecule has 0 radical (unpaired) electrons. The maximum Gasteiger partial charge on any atom is 0.410 e. The molecule has 3 N–H and O–H groups in total. The largest absolute Gasteiger partial charge is 0.444 e. The molecule has 2 spiro atoms. The lowest BCUT2D eigenvalue weighted by atomic mass is 9.91. The lowest BCUT2D eigenvalue weighted by molar-refractivity contribution is -0.119. The van der Waals surface area contributed by atoms with Crippen molar-refractivity contribution in [3.05, 3.63) is 73.6 Å². The topological polar surface area (TPSA) is 161 Å². The van der Waals surface area contributed by atoms with Gasteiger partial charge in [-0.2, -0.15) is 10.2 Å². The summed E-state index contributed by atoms with van der Waals surface area (Å²) in [6.07, 6.45) is 15.9. The van der Waals surface area contributed by atoms with Crippen molar-refractivity contribution in [2.24, 2.45) is 22.7 Å². The van der Waals surface area contributed by atoms with Crippen molar-refractivity contribution in [3.63, 3.8) is 0 Å². The van der Waals surface area contributed by atoms with E-state index in [9.17, 15) is 14.4 Å². The molecule has 4 fully saturated rings. The van der Waals surface area contributed by atoms with E-state index >= 15 is 0 Å². The van der Waals surface area contributed by atoms with E-state index in [0.29, 0.717) is 24.6 Å². The van der Waals surface area contributed by atoms with E-state index in [1.54, 1.807) is 39.1 Å². The van der Waals surface area contributed by atoms with Gasteiger partial charge in [-0.3, -0.25) is 9.59 Å². The Morgan fingerprint density at radius 3 is 1.67 bits per heavy atom. The molecule has 2 unspecified atom stereocenters. The minimum atomic E-state index is -0.491. The highest BCUT2D eigenvalue weighted by atomic mass is 16.6.